The van der Waals surface area contributed by atoms with Gasteiger partial charge in [0.25, 0.3) is 11.8 Å². The van der Waals surface area contributed by atoms with Crippen LogP contribution in [0.2, 0.25) is 0 Å². The van der Waals surface area contributed by atoms with Crippen molar-refractivity contribution in [2.75, 3.05) is 13.1 Å². The second kappa shape index (κ2) is 9.57. The Morgan fingerprint density at radius 2 is 1.80 bits per heavy atom. The van der Waals surface area contributed by atoms with Crippen molar-refractivity contribution in [1.82, 2.24) is 15.2 Å². The van der Waals surface area contributed by atoms with Crippen molar-refractivity contribution in [3.8, 4) is 10.4 Å². The van der Waals surface area contributed by atoms with Gasteiger partial charge in [-0.25, -0.2) is 4.98 Å². The van der Waals surface area contributed by atoms with Crippen molar-refractivity contribution in [3.05, 3.63) is 75.9 Å². The Morgan fingerprint density at radius 3 is 2.54 bits per heavy atom. The van der Waals surface area contributed by atoms with Crippen LogP contribution in [0, 0.1) is 38.5 Å². The molecule has 4 atom stereocenters. The van der Waals surface area contributed by atoms with Gasteiger partial charge < -0.3 is 10.2 Å². The van der Waals surface area contributed by atoms with Gasteiger partial charge in [0.1, 0.15) is 5.69 Å². The zero-order chi connectivity index (χ0) is 24.7. The molecule has 6 heteroatoms. The number of likely N-dealkylation sites (tertiary alicyclic amines) is 1. The lowest BCUT2D eigenvalue weighted by atomic mass is 9.93. The molecule has 0 spiro atoms. The van der Waals surface area contributed by atoms with Crippen LogP contribution in [0.4, 0.5) is 0 Å². The van der Waals surface area contributed by atoms with Crippen LogP contribution in [0.25, 0.3) is 10.4 Å². The van der Waals surface area contributed by atoms with Crippen LogP contribution in [0.15, 0.2) is 48.5 Å². The van der Waals surface area contributed by atoms with E-state index in [1.54, 1.807) is 11.3 Å². The Labute approximate surface area is 211 Å². The summed E-state index contributed by atoms with van der Waals surface area (Å²) in [7, 11) is 0. The van der Waals surface area contributed by atoms with Crippen LogP contribution in [0.3, 0.4) is 0 Å². The van der Waals surface area contributed by atoms with E-state index in [1.807, 2.05) is 49.1 Å². The molecule has 5 nitrogen and oxygen atoms in total. The number of nitrogens with one attached hydrogen (secondary N) is 1. The van der Waals surface area contributed by atoms with E-state index in [0.717, 1.165) is 46.0 Å². The molecule has 2 aromatic carbocycles. The average molecular weight is 488 g/mol. The van der Waals surface area contributed by atoms with Gasteiger partial charge >= 0.3 is 0 Å². The quantitative estimate of drug-likeness (QED) is 0.506. The number of hydrogen-bond donors (Lipinski definition) is 1. The molecule has 2 amide bonds. The number of benzene rings is 2. The minimum atomic E-state index is -0.0828. The van der Waals surface area contributed by atoms with Gasteiger partial charge in [0.05, 0.1) is 15.9 Å². The molecule has 1 aromatic heterocycles. The standard InChI is InChI=1S/C29H33N3O2S/c1-17-7-5-9-21(11-17)27-26(31-20(4)35-27)29(34)32-16-23-13-19(3)14-24(23)25(32)15-30-28(33)22-10-6-8-18(2)12-22/h5-12,19,23-25H,13-16H2,1-4H3,(H,30,33)/t19?,23-,24-,25+/m0/s1. The number of fused-ring (bicyclic) bond motifs is 1. The van der Waals surface area contributed by atoms with E-state index in [1.165, 1.54) is 0 Å². The van der Waals surface area contributed by atoms with Gasteiger partial charge in [-0.15, -0.1) is 11.3 Å². The molecule has 1 unspecified atom stereocenters. The van der Waals surface area contributed by atoms with Crippen LogP contribution < -0.4 is 5.32 Å². The number of nitrogens with zero attached hydrogens (tertiary/aromatic N) is 2. The maximum atomic E-state index is 14.0. The normalized spacial score (nSPS) is 23.4. The molecule has 1 aliphatic carbocycles. The van der Waals surface area contributed by atoms with Crippen molar-refractivity contribution >= 4 is 23.2 Å². The smallest absolute Gasteiger partial charge is 0.274 e. The topological polar surface area (TPSA) is 62.3 Å². The summed E-state index contributed by atoms with van der Waals surface area (Å²) >= 11 is 1.57. The summed E-state index contributed by atoms with van der Waals surface area (Å²) in [4.78, 5) is 34.5. The Bertz CT molecular complexity index is 1270. The van der Waals surface area contributed by atoms with Gasteiger partial charge in [-0.1, -0.05) is 54.4 Å². The van der Waals surface area contributed by atoms with Crippen LogP contribution in [-0.2, 0) is 0 Å². The minimum Gasteiger partial charge on any atom is -0.350 e. The fourth-order valence-corrected chi connectivity index (χ4v) is 6.92. The van der Waals surface area contributed by atoms with Crippen LogP contribution in [0.1, 0.15) is 56.7 Å². The maximum Gasteiger partial charge on any atom is 0.274 e. The van der Waals surface area contributed by atoms with E-state index < -0.39 is 0 Å². The number of hydrogen-bond acceptors (Lipinski definition) is 4. The SMILES string of the molecule is Cc1cccc(C(=O)NC[C@@H]2[C@H]3CC(C)C[C@H]3CN2C(=O)c2nc(C)sc2-c2cccc(C)c2)c1. The molecule has 35 heavy (non-hydrogen) atoms. The Balaban J connectivity index is 1.41. The summed E-state index contributed by atoms with van der Waals surface area (Å²) < 4.78 is 0. The summed E-state index contributed by atoms with van der Waals surface area (Å²) in [5.41, 5.74) is 4.46. The molecule has 5 rings (SSSR count). The summed E-state index contributed by atoms with van der Waals surface area (Å²) in [6.07, 6.45) is 2.23. The van der Waals surface area contributed by atoms with E-state index in [4.69, 9.17) is 4.98 Å². The van der Waals surface area contributed by atoms with E-state index in [0.29, 0.717) is 35.6 Å². The Kier molecular flexibility index (Phi) is 6.49. The largest absolute Gasteiger partial charge is 0.350 e. The fraction of sp³-hybridized carbons (Fsp3) is 0.414. The molecule has 0 bridgehead atoms. The molecule has 1 aliphatic heterocycles. The van der Waals surface area contributed by atoms with Crippen LogP contribution >= 0.6 is 11.3 Å². The van der Waals surface area contributed by atoms with Gasteiger partial charge in [-0.2, -0.15) is 0 Å². The number of amides is 2. The summed E-state index contributed by atoms with van der Waals surface area (Å²) in [5, 5.41) is 4.03. The molecule has 0 radical (unpaired) electrons. The summed E-state index contributed by atoms with van der Waals surface area (Å²) in [6, 6.07) is 15.9. The Hall–Kier alpha value is -2.99. The average Bonchev–Trinajstić information content (AvgIpc) is 3.49. The minimum absolute atomic E-state index is 0.0114. The lowest BCUT2D eigenvalue weighted by Crippen LogP contribution is -2.46. The third-order valence-corrected chi connectivity index (χ3v) is 8.56. The first-order valence-electron chi connectivity index (χ1n) is 12.5. The molecule has 1 saturated carbocycles. The second-order valence-corrected chi connectivity index (χ2v) is 11.6. The zero-order valence-electron chi connectivity index (χ0n) is 20.9. The third kappa shape index (κ3) is 4.76. The van der Waals surface area contributed by atoms with Gasteiger partial charge in [0.15, 0.2) is 0 Å². The van der Waals surface area contributed by atoms with Crippen molar-refractivity contribution in [3.63, 3.8) is 0 Å². The van der Waals surface area contributed by atoms with Crippen molar-refractivity contribution < 1.29 is 9.59 Å². The van der Waals surface area contributed by atoms with Crippen molar-refractivity contribution in [2.24, 2.45) is 17.8 Å². The summed E-state index contributed by atoms with van der Waals surface area (Å²) in [5.74, 6) is 1.45. The number of carbonyl (C=O) groups is 2. The highest BCUT2D eigenvalue weighted by Gasteiger charge is 2.48. The van der Waals surface area contributed by atoms with E-state index in [-0.39, 0.29) is 17.9 Å². The number of carbonyl (C=O) groups excluding carboxylic acids is 2. The first-order chi connectivity index (χ1) is 16.8. The predicted molar refractivity (Wildman–Crippen MR) is 141 cm³/mol. The maximum absolute atomic E-state index is 14.0. The molecule has 2 fully saturated rings. The number of aryl methyl sites for hydroxylation is 3. The highest BCUT2D eigenvalue weighted by molar-refractivity contribution is 7.15. The number of thiazole rings is 1. The molecule has 182 valence electrons. The van der Waals surface area contributed by atoms with Gasteiger partial charge in [0.2, 0.25) is 0 Å². The van der Waals surface area contributed by atoms with Gasteiger partial charge in [-0.3, -0.25) is 9.59 Å². The lowest BCUT2D eigenvalue weighted by molar-refractivity contribution is 0.0692. The lowest BCUT2D eigenvalue weighted by Gasteiger charge is -2.28. The molecular weight excluding hydrogens is 454 g/mol. The van der Waals surface area contributed by atoms with Crippen molar-refractivity contribution in [1.29, 1.82) is 0 Å². The van der Waals surface area contributed by atoms with Crippen LogP contribution in [-0.4, -0.2) is 40.8 Å². The molecule has 1 saturated heterocycles. The molecule has 2 aliphatic rings. The van der Waals surface area contributed by atoms with Gasteiger partial charge in [0, 0.05) is 18.7 Å². The van der Waals surface area contributed by atoms with Crippen LogP contribution in [0.5, 0.6) is 0 Å². The monoisotopic (exact) mass is 487 g/mol. The molecular formula is C29H33N3O2S. The molecule has 3 aromatic rings. The highest BCUT2D eigenvalue weighted by Crippen LogP contribution is 2.45. The first-order valence-corrected chi connectivity index (χ1v) is 13.3. The highest BCUT2D eigenvalue weighted by atomic mass is 32.1. The molecule has 2 heterocycles. The van der Waals surface area contributed by atoms with E-state index in [9.17, 15) is 9.59 Å². The predicted octanol–water partition coefficient (Wildman–Crippen LogP) is 5.65. The Morgan fingerprint density at radius 1 is 1.06 bits per heavy atom. The molecule has 1 N–H and O–H groups in total. The van der Waals surface area contributed by atoms with E-state index in [2.05, 4.69) is 37.4 Å². The van der Waals surface area contributed by atoms with Crippen molar-refractivity contribution in [2.45, 2.75) is 46.6 Å². The summed E-state index contributed by atoms with van der Waals surface area (Å²) in [6.45, 7) is 9.51. The third-order valence-electron chi connectivity index (χ3n) is 7.54. The number of aromatic nitrogens is 1. The van der Waals surface area contributed by atoms with E-state index >= 15 is 0 Å². The fourth-order valence-electron chi connectivity index (χ4n) is 6.02. The first kappa shape index (κ1) is 23.7. The van der Waals surface area contributed by atoms with Gasteiger partial charge in [-0.05, 0) is 69.1 Å². The zero-order valence-corrected chi connectivity index (χ0v) is 21.7. The number of rotatable bonds is 5. The second-order valence-electron chi connectivity index (χ2n) is 10.4.